The highest BCUT2D eigenvalue weighted by atomic mass is 19.1. The van der Waals surface area contributed by atoms with Gasteiger partial charge in [0.1, 0.15) is 28.8 Å². The number of hydrogen-bond donors (Lipinski definition) is 2. The lowest BCUT2D eigenvalue weighted by atomic mass is 9.93. The number of benzene rings is 1. The minimum Gasteiger partial charge on any atom is -0.393 e. The molecule has 6 rings (SSSR count). The fourth-order valence-electron chi connectivity index (χ4n) is 5.08. The first-order valence-electron chi connectivity index (χ1n) is 12.1. The van der Waals surface area contributed by atoms with Crippen LogP contribution in [-0.2, 0) is 0 Å². The van der Waals surface area contributed by atoms with E-state index in [1.54, 1.807) is 6.07 Å². The summed E-state index contributed by atoms with van der Waals surface area (Å²) in [6.07, 6.45) is 5.57. The van der Waals surface area contributed by atoms with E-state index in [4.69, 9.17) is 10.1 Å². The Morgan fingerprint density at radius 2 is 1.76 bits per heavy atom. The van der Waals surface area contributed by atoms with Gasteiger partial charge in [0.05, 0.1) is 22.8 Å². The monoisotopic (exact) mass is 461 g/mol. The van der Waals surface area contributed by atoms with Gasteiger partial charge in [-0.2, -0.15) is 9.61 Å². The SMILES string of the molecule is Cc1nc2ccc(F)cc2nc1-c1cc2nc(N3CCCC3)cc(NC3CCC(O)CC3)n2n1. The number of aliphatic hydroxyl groups excluding tert-OH is 1. The topological polar surface area (TPSA) is 91.5 Å². The van der Waals surface area contributed by atoms with E-state index >= 15 is 0 Å². The summed E-state index contributed by atoms with van der Waals surface area (Å²) in [5, 5.41) is 18.4. The molecule has 0 spiro atoms. The van der Waals surface area contributed by atoms with Gasteiger partial charge in [-0.05, 0) is 57.6 Å². The molecule has 1 saturated carbocycles. The highest BCUT2D eigenvalue weighted by Crippen LogP contribution is 2.29. The van der Waals surface area contributed by atoms with Gasteiger partial charge in [0.25, 0.3) is 0 Å². The molecule has 0 unspecified atom stereocenters. The van der Waals surface area contributed by atoms with Crippen LogP contribution in [0.2, 0.25) is 0 Å². The average Bonchev–Trinajstić information content (AvgIpc) is 3.50. The molecule has 1 aromatic carbocycles. The Bertz CT molecular complexity index is 1360. The van der Waals surface area contributed by atoms with Crippen molar-refractivity contribution in [2.75, 3.05) is 23.3 Å². The molecule has 8 nitrogen and oxygen atoms in total. The number of nitrogens with one attached hydrogen (secondary N) is 1. The van der Waals surface area contributed by atoms with Crippen molar-refractivity contribution in [1.29, 1.82) is 0 Å². The number of halogens is 1. The van der Waals surface area contributed by atoms with Gasteiger partial charge in [-0.1, -0.05) is 0 Å². The van der Waals surface area contributed by atoms with E-state index in [0.717, 1.165) is 61.7 Å². The van der Waals surface area contributed by atoms with Crippen LogP contribution in [-0.4, -0.2) is 54.9 Å². The maximum atomic E-state index is 13.8. The van der Waals surface area contributed by atoms with Crippen LogP contribution in [0.3, 0.4) is 0 Å². The van der Waals surface area contributed by atoms with Crippen LogP contribution in [0.1, 0.15) is 44.2 Å². The molecule has 2 fully saturated rings. The molecule has 3 aromatic heterocycles. The third-order valence-corrected chi connectivity index (χ3v) is 6.94. The smallest absolute Gasteiger partial charge is 0.160 e. The number of nitrogens with zero attached hydrogens (tertiary/aromatic N) is 6. The van der Waals surface area contributed by atoms with Crippen LogP contribution in [0, 0.1) is 12.7 Å². The van der Waals surface area contributed by atoms with Crippen molar-refractivity contribution in [3.05, 3.63) is 41.8 Å². The molecule has 176 valence electrons. The third-order valence-electron chi connectivity index (χ3n) is 6.94. The summed E-state index contributed by atoms with van der Waals surface area (Å²) in [5.74, 6) is 1.49. The first-order chi connectivity index (χ1) is 16.5. The Labute approximate surface area is 196 Å². The minimum absolute atomic E-state index is 0.203. The van der Waals surface area contributed by atoms with Crippen molar-refractivity contribution in [3.8, 4) is 11.4 Å². The molecule has 9 heteroatoms. The van der Waals surface area contributed by atoms with E-state index in [1.165, 1.54) is 25.0 Å². The Kier molecular flexibility index (Phi) is 5.28. The predicted octanol–water partition coefficient (Wildman–Crippen LogP) is 4.10. The second-order valence-corrected chi connectivity index (χ2v) is 9.43. The molecule has 4 heterocycles. The van der Waals surface area contributed by atoms with Crippen molar-refractivity contribution < 1.29 is 9.50 Å². The van der Waals surface area contributed by atoms with Crippen LogP contribution in [0.5, 0.6) is 0 Å². The average molecular weight is 462 g/mol. The van der Waals surface area contributed by atoms with Crippen LogP contribution < -0.4 is 10.2 Å². The van der Waals surface area contributed by atoms with Crippen molar-refractivity contribution >= 4 is 28.3 Å². The summed E-state index contributed by atoms with van der Waals surface area (Å²) in [5.41, 5.74) is 3.91. The van der Waals surface area contributed by atoms with Gasteiger partial charge in [0.2, 0.25) is 0 Å². The lowest BCUT2D eigenvalue weighted by molar-refractivity contribution is 0.126. The van der Waals surface area contributed by atoms with Gasteiger partial charge >= 0.3 is 0 Å². The molecule has 34 heavy (non-hydrogen) atoms. The number of aliphatic hydroxyl groups is 1. The van der Waals surface area contributed by atoms with E-state index < -0.39 is 0 Å². The molecule has 2 N–H and O–H groups in total. The first kappa shape index (κ1) is 21.2. The predicted molar refractivity (Wildman–Crippen MR) is 130 cm³/mol. The Morgan fingerprint density at radius 3 is 2.56 bits per heavy atom. The molecule has 2 aliphatic rings. The van der Waals surface area contributed by atoms with Crippen LogP contribution >= 0.6 is 0 Å². The van der Waals surface area contributed by atoms with Gasteiger partial charge in [-0.15, -0.1) is 0 Å². The summed E-state index contributed by atoms with van der Waals surface area (Å²) < 4.78 is 15.6. The fraction of sp³-hybridized carbons (Fsp3) is 0.440. The van der Waals surface area contributed by atoms with Crippen LogP contribution in [0.4, 0.5) is 16.0 Å². The maximum Gasteiger partial charge on any atom is 0.160 e. The molecular formula is C25H28FN7O. The molecular weight excluding hydrogens is 433 g/mol. The molecule has 0 amide bonds. The number of fused-ring (bicyclic) bond motifs is 2. The number of hydrogen-bond acceptors (Lipinski definition) is 7. The van der Waals surface area contributed by atoms with Crippen molar-refractivity contribution in [2.24, 2.45) is 0 Å². The number of rotatable bonds is 4. The first-order valence-corrected chi connectivity index (χ1v) is 12.1. The molecule has 0 bridgehead atoms. The van der Waals surface area contributed by atoms with E-state index in [1.807, 2.05) is 17.5 Å². The molecule has 1 saturated heterocycles. The Balaban J connectivity index is 1.44. The van der Waals surface area contributed by atoms with Gasteiger partial charge in [0.15, 0.2) is 5.65 Å². The molecule has 0 radical (unpaired) electrons. The van der Waals surface area contributed by atoms with Gasteiger partial charge in [0, 0.05) is 37.3 Å². The highest BCUT2D eigenvalue weighted by molar-refractivity contribution is 5.78. The van der Waals surface area contributed by atoms with Gasteiger partial charge in [-0.25, -0.2) is 19.3 Å². The third kappa shape index (κ3) is 3.94. The van der Waals surface area contributed by atoms with Crippen molar-refractivity contribution in [1.82, 2.24) is 24.6 Å². The van der Waals surface area contributed by atoms with E-state index in [9.17, 15) is 9.50 Å². The zero-order valence-corrected chi connectivity index (χ0v) is 19.2. The standard InChI is InChI=1S/C25H28FN7O/c1-15-25(29-20-12-16(26)4-9-19(20)27-15)21-13-23-30-22(32-10-2-3-11-32)14-24(33(23)31-21)28-17-5-7-18(34)8-6-17/h4,9,12-14,17-18,28,34H,2-3,5-8,10-11H2,1H3. The molecule has 4 aromatic rings. The summed E-state index contributed by atoms with van der Waals surface area (Å²) in [6, 6.07) is 8.72. The zero-order chi connectivity index (χ0) is 23.2. The summed E-state index contributed by atoms with van der Waals surface area (Å²) >= 11 is 0. The Morgan fingerprint density at radius 1 is 0.971 bits per heavy atom. The van der Waals surface area contributed by atoms with Gasteiger partial charge < -0.3 is 15.3 Å². The normalized spacial score (nSPS) is 21.0. The second kappa shape index (κ2) is 8.47. The number of anilines is 2. The van der Waals surface area contributed by atoms with Crippen LogP contribution in [0.25, 0.3) is 28.1 Å². The zero-order valence-electron chi connectivity index (χ0n) is 19.2. The van der Waals surface area contributed by atoms with Crippen LogP contribution in [0.15, 0.2) is 30.3 Å². The lowest BCUT2D eigenvalue weighted by Gasteiger charge is -2.27. The summed E-state index contributed by atoms with van der Waals surface area (Å²) in [4.78, 5) is 16.5. The molecule has 0 atom stereocenters. The second-order valence-electron chi connectivity index (χ2n) is 9.43. The number of aryl methyl sites for hydroxylation is 1. The largest absolute Gasteiger partial charge is 0.393 e. The van der Waals surface area contributed by atoms with E-state index in [0.29, 0.717) is 22.4 Å². The summed E-state index contributed by atoms with van der Waals surface area (Å²) in [6.45, 7) is 3.89. The van der Waals surface area contributed by atoms with Gasteiger partial charge in [-0.3, -0.25) is 0 Å². The summed E-state index contributed by atoms with van der Waals surface area (Å²) in [7, 11) is 0. The molecule has 1 aliphatic heterocycles. The fourth-order valence-corrected chi connectivity index (χ4v) is 5.08. The maximum absolute atomic E-state index is 13.8. The molecule has 1 aliphatic carbocycles. The van der Waals surface area contributed by atoms with E-state index in [2.05, 4.69) is 26.3 Å². The van der Waals surface area contributed by atoms with E-state index in [-0.39, 0.29) is 18.0 Å². The number of aromatic nitrogens is 5. The minimum atomic E-state index is -0.340. The Hall–Kier alpha value is -3.33. The highest BCUT2D eigenvalue weighted by Gasteiger charge is 2.23. The quantitative estimate of drug-likeness (QED) is 0.473. The lowest BCUT2D eigenvalue weighted by Crippen LogP contribution is -2.29. The van der Waals surface area contributed by atoms with Crippen molar-refractivity contribution in [3.63, 3.8) is 0 Å². The van der Waals surface area contributed by atoms with Crippen molar-refractivity contribution in [2.45, 2.75) is 57.6 Å².